The predicted octanol–water partition coefficient (Wildman–Crippen LogP) is 0.901. The number of hydrogen-bond acceptors (Lipinski definition) is 5. The minimum Gasteiger partial charge on any atom is -0.394 e. The van der Waals surface area contributed by atoms with Gasteiger partial charge in [0.15, 0.2) is 0 Å². The molecule has 7 nitrogen and oxygen atoms in total. The number of fused-ring (bicyclic) bond motifs is 1. The van der Waals surface area contributed by atoms with Gasteiger partial charge in [-0.15, -0.1) is 11.8 Å². The highest BCUT2D eigenvalue weighted by Crippen LogP contribution is 2.66. The van der Waals surface area contributed by atoms with E-state index in [1.165, 1.54) is 0 Å². The number of rotatable bonds is 9. The number of unbranched alkanes of at least 4 members (excludes halogenated alkanes) is 1. The molecular formula is C20H33N3O4S. The zero-order valence-corrected chi connectivity index (χ0v) is 17.9. The number of nitrogens with zero attached hydrogens (tertiary/aromatic N) is 1. The molecule has 0 radical (unpaired) electrons. The Kier molecular flexibility index (Phi) is 6.59. The first-order valence-corrected chi connectivity index (χ1v) is 11.5. The second kappa shape index (κ2) is 8.61. The third-order valence-electron chi connectivity index (χ3n) is 6.41. The molecule has 2 unspecified atom stereocenters. The van der Waals surface area contributed by atoms with E-state index in [1.807, 2.05) is 6.92 Å². The molecule has 0 aliphatic carbocycles. The van der Waals surface area contributed by atoms with E-state index < -0.39 is 22.7 Å². The van der Waals surface area contributed by atoms with Crippen molar-refractivity contribution in [1.82, 2.24) is 15.5 Å². The van der Waals surface area contributed by atoms with Crippen LogP contribution in [0.1, 0.15) is 52.9 Å². The maximum Gasteiger partial charge on any atom is 0.244 e. The number of carbonyl (C=O) groups excluding carboxylic acids is 3. The van der Waals surface area contributed by atoms with Gasteiger partial charge >= 0.3 is 0 Å². The molecule has 8 heteroatoms. The van der Waals surface area contributed by atoms with Crippen LogP contribution in [-0.4, -0.2) is 69.5 Å². The third-order valence-corrected chi connectivity index (χ3v) is 8.36. The molecule has 3 N–H and O–H groups in total. The lowest BCUT2D eigenvalue weighted by atomic mass is 9.70. The molecule has 0 aromatic rings. The van der Waals surface area contributed by atoms with Crippen molar-refractivity contribution in [2.24, 2.45) is 11.8 Å². The molecule has 3 aliphatic rings. The van der Waals surface area contributed by atoms with Crippen LogP contribution in [0.3, 0.4) is 0 Å². The number of hydrogen-bond donors (Lipinski definition) is 3. The molecule has 0 saturated carbocycles. The van der Waals surface area contributed by atoms with E-state index in [0.29, 0.717) is 13.1 Å². The SMILES string of the molecule is CCCCNC(=O)C1N([C@H](C)CO)C(=O)[C@@H]2[C@H](C(=O)NCCC)[C@@H]3CCC12S3. The van der Waals surface area contributed by atoms with Gasteiger partial charge in [-0.25, -0.2) is 0 Å². The molecule has 3 amide bonds. The summed E-state index contributed by atoms with van der Waals surface area (Å²) in [5.41, 5.74) is 0. The monoisotopic (exact) mass is 411 g/mol. The summed E-state index contributed by atoms with van der Waals surface area (Å²) in [7, 11) is 0. The molecule has 6 atom stereocenters. The number of likely N-dealkylation sites (tertiary alicyclic amines) is 1. The summed E-state index contributed by atoms with van der Waals surface area (Å²) >= 11 is 1.66. The standard InChI is InChI=1S/C20H33N3O4S/c1-4-6-10-22-18(26)16-20-8-7-13(28-20)14(17(25)21-9-5-2)15(20)19(27)23(16)12(3)11-24/h12-16,24H,4-11H2,1-3H3,(H,21,25)(H,22,26)/t12-,13+,14-,15+,16?,20?/m1/s1. The normalized spacial score (nSPS) is 34.4. The van der Waals surface area contributed by atoms with Crippen LogP contribution in [0, 0.1) is 11.8 Å². The Balaban J connectivity index is 1.92. The van der Waals surface area contributed by atoms with Gasteiger partial charge in [-0.3, -0.25) is 14.4 Å². The first-order chi connectivity index (χ1) is 13.4. The fourth-order valence-electron chi connectivity index (χ4n) is 5.10. The van der Waals surface area contributed by atoms with E-state index in [-0.39, 0.29) is 35.5 Å². The van der Waals surface area contributed by atoms with Gasteiger partial charge in [-0.2, -0.15) is 0 Å². The lowest BCUT2D eigenvalue weighted by Crippen LogP contribution is -2.56. The quantitative estimate of drug-likeness (QED) is 0.490. The first kappa shape index (κ1) is 21.4. The van der Waals surface area contributed by atoms with Crippen molar-refractivity contribution < 1.29 is 19.5 Å². The zero-order valence-electron chi connectivity index (χ0n) is 17.1. The number of carbonyl (C=O) groups is 3. The molecule has 3 rings (SSSR count). The average molecular weight is 412 g/mol. The van der Waals surface area contributed by atoms with Gasteiger partial charge in [-0.05, 0) is 32.6 Å². The van der Waals surface area contributed by atoms with Crippen molar-refractivity contribution >= 4 is 29.5 Å². The van der Waals surface area contributed by atoms with Crippen LogP contribution in [0.2, 0.25) is 0 Å². The lowest BCUT2D eigenvalue weighted by Gasteiger charge is -2.36. The largest absolute Gasteiger partial charge is 0.394 e. The van der Waals surface area contributed by atoms with E-state index in [9.17, 15) is 19.5 Å². The molecule has 2 bridgehead atoms. The van der Waals surface area contributed by atoms with Crippen molar-refractivity contribution in [2.75, 3.05) is 19.7 Å². The summed E-state index contributed by atoms with van der Waals surface area (Å²) in [5, 5.41) is 15.8. The summed E-state index contributed by atoms with van der Waals surface area (Å²) < 4.78 is -0.560. The first-order valence-electron chi connectivity index (χ1n) is 10.6. The molecule has 158 valence electrons. The number of nitrogens with one attached hydrogen (secondary N) is 2. The Hall–Kier alpha value is -1.28. The van der Waals surface area contributed by atoms with Gasteiger partial charge in [-0.1, -0.05) is 20.3 Å². The highest BCUT2D eigenvalue weighted by Gasteiger charge is 2.73. The minimum atomic E-state index is -0.622. The van der Waals surface area contributed by atoms with E-state index >= 15 is 0 Å². The van der Waals surface area contributed by atoms with Gasteiger partial charge in [0, 0.05) is 18.3 Å². The summed E-state index contributed by atoms with van der Waals surface area (Å²) in [5.74, 6) is -1.23. The number of thioether (sulfide) groups is 1. The Morgan fingerprint density at radius 2 is 1.96 bits per heavy atom. The summed E-state index contributed by atoms with van der Waals surface area (Å²) in [6.07, 6.45) is 4.31. The Morgan fingerprint density at radius 1 is 1.25 bits per heavy atom. The molecular weight excluding hydrogens is 378 g/mol. The highest BCUT2D eigenvalue weighted by atomic mass is 32.2. The number of aliphatic hydroxyl groups excluding tert-OH is 1. The average Bonchev–Trinajstić information content (AvgIpc) is 3.32. The van der Waals surface area contributed by atoms with Crippen LogP contribution < -0.4 is 10.6 Å². The summed E-state index contributed by atoms with van der Waals surface area (Å²) in [6, 6.07) is -1.07. The molecule has 28 heavy (non-hydrogen) atoms. The highest BCUT2D eigenvalue weighted by molar-refractivity contribution is 8.02. The van der Waals surface area contributed by atoms with Gasteiger partial charge < -0.3 is 20.6 Å². The van der Waals surface area contributed by atoms with Crippen LogP contribution in [-0.2, 0) is 14.4 Å². The van der Waals surface area contributed by atoms with E-state index in [0.717, 1.165) is 32.1 Å². The van der Waals surface area contributed by atoms with E-state index in [4.69, 9.17) is 0 Å². The van der Waals surface area contributed by atoms with Crippen LogP contribution in [0.25, 0.3) is 0 Å². The fourth-order valence-corrected chi connectivity index (χ4v) is 7.31. The van der Waals surface area contributed by atoms with Crippen LogP contribution in [0.5, 0.6) is 0 Å². The van der Waals surface area contributed by atoms with Gasteiger partial charge in [0.05, 0.1) is 29.2 Å². The number of aliphatic hydroxyl groups is 1. The molecule has 1 spiro atoms. The molecule has 0 aromatic heterocycles. The van der Waals surface area contributed by atoms with Crippen molar-refractivity contribution in [1.29, 1.82) is 0 Å². The Morgan fingerprint density at radius 3 is 2.61 bits per heavy atom. The molecule has 3 saturated heterocycles. The van der Waals surface area contributed by atoms with Crippen LogP contribution >= 0.6 is 11.8 Å². The summed E-state index contributed by atoms with van der Waals surface area (Å²) in [4.78, 5) is 41.1. The lowest BCUT2D eigenvalue weighted by molar-refractivity contribution is -0.142. The van der Waals surface area contributed by atoms with Crippen molar-refractivity contribution in [2.45, 2.75) is 75.0 Å². The predicted molar refractivity (Wildman–Crippen MR) is 109 cm³/mol. The van der Waals surface area contributed by atoms with Gasteiger partial charge in [0.25, 0.3) is 0 Å². The van der Waals surface area contributed by atoms with Crippen LogP contribution in [0.4, 0.5) is 0 Å². The molecule has 0 aromatic carbocycles. The Bertz CT molecular complexity index is 631. The van der Waals surface area contributed by atoms with Gasteiger partial charge in [0.2, 0.25) is 17.7 Å². The van der Waals surface area contributed by atoms with Gasteiger partial charge in [0.1, 0.15) is 6.04 Å². The molecule has 3 aliphatic heterocycles. The maximum absolute atomic E-state index is 13.4. The topological polar surface area (TPSA) is 98.7 Å². The Labute approximate surface area is 171 Å². The fraction of sp³-hybridized carbons (Fsp3) is 0.850. The van der Waals surface area contributed by atoms with Crippen LogP contribution in [0.15, 0.2) is 0 Å². The summed E-state index contributed by atoms with van der Waals surface area (Å²) in [6.45, 7) is 6.81. The minimum absolute atomic E-state index is 0.0667. The maximum atomic E-state index is 13.4. The second-order valence-corrected chi connectivity index (χ2v) is 9.87. The van der Waals surface area contributed by atoms with Crippen molar-refractivity contribution in [3.63, 3.8) is 0 Å². The second-order valence-electron chi connectivity index (χ2n) is 8.27. The van der Waals surface area contributed by atoms with E-state index in [2.05, 4.69) is 17.6 Å². The third kappa shape index (κ3) is 3.32. The van der Waals surface area contributed by atoms with Crippen molar-refractivity contribution in [3.05, 3.63) is 0 Å². The number of amides is 3. The zero-order chi connectivity index (χ0) is 20.5. The van der Waals surface area contributed by atoms with Crippen molar-refractivity contribution in [3.8, 4) is 0 Å². The molecule has 3 fully saturated rings. The smallest absolute Gasteiger partial charge is 0.244 e. The molecule has 3 heterocycles. The van der Waals surface area contributed by atoms with E-state index in [1.54, 1.807) is 23.6 Å².